The van der Waals surface area contributed by atoms with E-state index in [0.29, 0.717) is 22.6 Å². The molecule has 33 heavy (non-hydrogen) atoms. The second-order valence-corrected chi connectivity index (χ2v) is 9.31. The van der Waals surface area contributed by atoms with Crippen molar-refractivity contribution in [2.75, 3.05) is 6.61 Å². The standard InChI is InChI=1S/C27H33N3O3/c1-18(2)26(21-14-12-20(13-15-21)19-8-4-3-5-9-19)30-25(31)17-33-16-24-28-23-11-7-6-10-22(23)27(32)29-24/h6-7,10-15,18-19,26H,3-5,8-9,16-17H2,1-2H3,(H,30,31)(H,28,29,32)/t26-/m1/s1. The molecule has 1 aromatic heterocycles. The Bertz CT molecular complexity index is 1130. The Balaban J connectivity index is 1.33. The van der Waals surface area contributed by atoms with Gasteiger partial charge in [0, 0.05) is 0 Å². The minimum Gasteiger partial charge on any atom is -0.364 e. The van der Waals surface area contributed by atoms with E-state index in [4.69, 9.17) is 4.74 Å². The Morgan fingerprint density at radius 2 is 1.82 bits per heavy atom. The summed E-state index contributed by atoms with van der Waals surface area (Å²) >= 11 is 0. The van der Waals surface area contributed by atoms with Gasteiger partial charge in [0.05, 0.1) is 16.9 Å². The highest BCUT2D eigenvalue weighted by molar-refractivity contribution is 5.78. The monoisotopic (exact) mass is 447 g/mol. The van der Waals surface area contributed by atoms with Crippen molar-refractivity contribution in [3.63, 3.8) is 0 Å². The maximum absolute atomic E-state index is 12.6. The number of nitrogens with zero attached hydrogens (tertiary/aromatic N) is 1. The average molecular weight is 448 g/mol. The Morgan fingerprint density at radius 3 is 2.55 bits per heavy atom. The van der Waals surface area contributed by atoms with Crippen molar-refractivity contribution in [2.45, 2.75) is 64.5 Å². The van der Waals surface area contributed by atoms with Crippen LogP contribution in [0.25, 0.3) is 10.9 Å². The van der Waals surface area contributed by atoms with Crippen LogP contribution in [0.3, 0.4) is 0 Å². The van der Waals surface area contributed by atoms with Crippen LogP contribution in [0.15, 0.2) is 53.3 Å². The van der Waals surface area contributed by atoms with E-state index in [9.17, 15) is 9.59 Å². The fraction of sp³-hybridized carbons (Fsp3) is 0.444. The van der Waals surface area contributed by atoms with Crippen molar-refractivity contribution in [1.82, 2.24) is 15.3 Å². The van der Waals surface area contributed by atoms with Crippen LogP contribution >= 0.6 is 0 Å². The fourth-order valence-corrected chi connectivity index (χ4v) is 4.71. The number of hydrogen-bond donors (Lipinski definition) is 2. The number of H-pyrrole nitrogens is 1. The van der Waals surface area contributed by atoms with Crippen LogP contribution in [-0.2, 0) is 16.1 Å². The lowest BCUT2D eigenvalue weighted by Crippen LogP contribution is -2.34. The van der Waals surface area contributed by atoms with Crippen molar-refractivity contribution in [3.8, 4) is 0 Å². The molecule has 0 spiro atoms. The molecule has 174 valence electrons. The van der Waals surface area contributed by atoms with Gasteiger partial charge in [0.1, 0.15) is 19.0 Å². The molecule has 1 aliphatic rings. The lowest BCUT2D eigenvalue weighted by molar-refractivity contribution is -0.127. The summed E-state index contributed by atoms with van der Waals surface area (Å²) in [7, 11) is 0. The van der Waals surface area contributed by atoms with E-state index in [0.717, 1.165) is 5.56 Å². The minimum atomic E-state index is -0.208. The molecular weight excluding hydrogens is 414 g/mol. The third kappa shape index (κ3) is 5.88. The molecule has 3 aromatic rings. The Kier molecular flexibility index (Phi) is 7.55. The van der Waals surface area contributed by atoms with E-state index in [2.05, 4.69) is 53.4 Å². The predicted molar refractivity (Wildman–Crippen MR) is 130 cm³/mol. The van der Waals surface area contributed by atoms with Gasteiger partial charge in [-0.25, -0.2) is 4.98 Å². The molecule has 1 heterocycles. The first-order chi connectivity index (χ1) is 16.0. The molecular formula is C27H33N3O3. The summed E-state index contributed by atoms with van der Waals surface area (Å²) in [5.41, 5.74) is 2.92. The van der Waals surface area contributed by atoms with Gasteiger partial charge >= 0.3 is 0 Å². The number of carbonyl (C=O) groups is 1. The van der Waals surface area contributed by atoms with Crippen LogP contribution in [0.5, 0.6) is 0 Å². The molecule has 2 N–H and O–H groups in total. The number of carbonyl (C=O) groups excluding carboxylic acids is 1. The van der Waals surface area contributed by atoms with Crippen LogP contribution in [0.2, 0.25) is 0 Å². The van der Waals surface area contributed by atoms with E-state index in [1.54, 1.807) is 18.2 Å². The molecule has 0 bridgehead atoms. The van der Waals surface area contributed by atoms with Crippen molar-refractivity contribution in [3.05, 3.63) is 75.8 Å². The number of para-hydroxylation sites is 1. The molecule has 0 unspecified atom stereocenters. The summed E-state index contributed by atoms with van der Waals surface area (Å²) in [5.74, 6) is 1.13. The van der Waals surface area contributed by atoms with E-state index in [1.807, 2.05) is 6.07 Å². The van der Waals surface area contributed by atoms with Crippen molar-refractivity contribution in [2.24, 2.45) is 5.92 Å². The zero-order valence-corrected chi connectivity index (χ0v) is 19.5. The van der Waals surface area contributed by atoms with Gasteiger partial charge in [-0.3, -0.25) is 9.59 Å². The number of rotatable bonds is 8. The number of amides is 1. The first kappa shape index (κ1) is 23.2. The second-order valence-electron chi connectivity index (χ2n) is 9.31. The normalized spacial score (nSPS) is 15.6. The predicted octanol–water partition coefficient (Wildman–Crippen LogP) is 5.00. The van der Waals surface area contributed by atoms with Crippen molar-refractivity contribution in [1.29, 1.82) is 0 Å². The molecule has 0 saturated heterocycles. The molecule has 1 saturated carbocycles. The molecule has 1 fully saturated rings. The maximum Gasteiger partial charge on any atom is 0.258 e. The summed E-state index contributed by atoms with van der Waals surface area (Å²) in [5, 5.41) is 3.64. The lowest BCUT2D eigenvalue weighted by atomic mass is 9.83. The van der Waals surface area contributed by atoms with E-state index >= 15 is 0 Å². The fourth-order valence-electron chi connectivity index (χ4n) is 4.71. The summed E-state index contributed by atoms with van der Waals surface area (Å²) in [6.07, 6.45) is 6.54. The third-order valence-electron chi connectivity index (χ3n) is 6.49. The van der Waals surface area contributed by atoms with Crippen molar-refractivity contribution >= 4 is 16.8 Å². The Hall–Kier alpha value is -2.99. The first-order valence-electron chi connectivity index (χ1n) is 12.0. The SMILES string of the molecule is CC(C)[C@@H](NC(=O)COCc1nc2ccccc2c(=O)[nH]1)c1ccc(C2CCCCC2)cc1. The summed E-state index contributed by atoms with van der Waals surface area (Å²) in [6.45, 7) is 4.17. The molecule has 1 amide bonds. The minimum absolute atomic E-state index is 0.0654. The molecule has 6 nitrogen and oxygen atoms in total. The zero-order chi connectivity index (χ0) is 23.2. The van der Waals surface area contributed by atoms with E-state index < -0.39 is 0 Å². The Morgan fingerprint density at radius 1 is 1.09 bits per heavy atom. The van der Waals surface area contributed by atoms with E-state index in [-0.39, 0.29) is 36.6 Å². The molecule has 6 heteroatoms. The van der Waals surface area contributed by atoms with Gasteiger partial charge in [-0.05, 0) is 47.9 Å². The number of benzene rings is 2. The second kappa shape index (κ2) is 10.8. The molecule has 4 rings (SSSR count). The smallest absolute Gasteiger partial charge is 0.258 e. The number of nitrogens with one attached hydrogen (secondary N) is 2. The van der Waals surface area contributed by atoms with Crippen LogP contribution in [0, 0.1) is 5.92 Å². The van der Waals surface area contributed by atoms with Crippen molar-refractivity contribution < 1.29 is 9.53 Å². The summed E-state index contributed by atoms with van der Waals surface area (Å²) in [6, 6.07) is 15.8. The lowest BCUT2D eigenvalue weighted by Gasteiger charge is -2.25. The van der Waals surface area contributed by atoms with Gasteiger partial charge < -0.3 is 15.0 Å². The maximum atomic E-state index is 12.6. The largest absolute Gasteiger partial charge is 0.364 e. The number of aromatic nitrogens is 2. The topological polar surface area (TPSA) is 84.1 Å². The molecule has 2 aromatic carbocycles. The van der Waals surface area contributed by atoms with E-state index in [1.165, 1.54) is 37.7 Å². The van der Waals surface area contributed by atoms with Gasteiger partial charge in [0.2, 0.25) is 5.91 Å². The van der Waals surface area contributed by atoms with Gasteiger partial charge in [0.25, 0.3) is 5.56 Å². The first-order valence-corrected chi connectivity index (χ1v) is 12.0. The number of hydrogen-bond acceptors (Lipinski definition) is 4. The number of ether oxygens (including phenoxy) is 1. The van der Waals surface area contributed by atoms with Crippen LogP contribution in [-0.4, -0.2) is 22.5 Å². The van der Waals surface area contributed by atoms with Gasteiger partial charge in [-0.2, -0.15) is 0 Å². The number of fused-ring (bicyclic) bond motifs is 1. The highest BCUT2D eigenvalue weighted by Gasteiger charge is 2.20. The van der Waals surface area contributed by atoms with Gasteiger partial charge in [-0.1, -0.05) is 69.5 Å². The summed E-state index contributed by atoms with van der Waals surface area (Å²) < 4.78 is 5.56. The highest BCUT2D eigenvalue weighted by Crippen LogP contribution is 2.33. The van der Waals surface area contributed by atoms with Gasteiger partial charge in [-0.15, -0.1) is 0 Å². The molecule has 1 aliphatic carbocycles. The Labute approximate surface area is 194 Å². The quantitative estimate of drug-likeness (QED) is 0.509. The van der Waals surface area contributed by atoms with Crippen LogP contribution in [0.1, 0.15) is 74.9 Å². The zero-order valence-electron chi connectivity index (χ0n) is 19.5. The summed E-state index contributed by atoms with van der Waals surface area (Å²) in [4.78, 5) is 31.9. The van der Waals surface area contributed by atoms with Gasteiger partial charge in [0.15, 0.2) is 0 Å². The van der Waals surface area contributed by atoms with Crippen LogP contribution in [0.4, 0.5) is 0 Å². The average Bonchev–Trinajstić information content (AvgIpc) is 2.83. The third-order valence-corrected chi connectivity index (χ3v) is 6.49. The molecule has 1 atom stereocenters. The highest BCUT2D eigenvalue weighted by atomic mass is 16.5. The molecule has 0 aliphatic heterocycles. The van der Waals surface area contributed by atoms with Crippen LogP contribution < -0.4 is 10.9 Å². The molecule has 0 radical (unpaired) electrons. The number of aromatic amines is 1.